The fourth-order valence-corrected chi connectivity index (χ4v) is 2.95. The quantitative estimate of drug-likeness (QED) is 0.778. The van der Waals surface area contributed by atoms with E-state index in [0.29, 0.717) is 31.4 Å². The van der Waals surface area contributed by atoms with Crippen molar-refractivity contribution in [2.24, 2.45) is 5.92 Å². The van der Waals surface area contributed by atoms with Crippen LogP contribution in [0.3, 0.4) is 0 Å². The fourth-order valence-electron chi connectivity index (χ4n) is 2.95. The van der Waals surface area contributed by atoms with Crippen molar-refractivity contribution in [1.29, 1.82) is 0 Å². The van der Waals surface area contributed by atoms with Crippen molar-refractivity contribution in [2.45, 2.75) is 45.1 Å². The van der Waals surface area contributed by atoms with Crippen LogP contribution in [0.5, 0.6) is 5.75 Å². The maximum atomic E-state index is 12.1. The molecular weight excluding hydrogens is 296 g/mol. The van der Waals surface area contributed by atoms with Crippen molar-refractivity contribution in [3.05, 3.63) is 23.8 Å². The molecule has 6 nitrogen and oxygen atoms in total. The smallest absolute Gasteiger partial charge is 0.319 e. The molecule has 0 unspecified atom stereocenters. The third-order valence-electron chi connectivity index (χ3n) is 4.34. The number of carboxylic acids is 1. The number of carbonyl (C=O) groups is 2. The summed E-state index contributed by atoms with van der Waals surface area (Å²) in [6.45, 7) is 2.05. The van der Waals surface area contributed by atoms with Gasteiger partial charge in [0.15, 0.2) is 0 Å². The van der Waals surface area contributed by atoms with Crippen LogP contribution in [0.15, 0.2) is 18.2 Å². The monoisotopic (exact) mass is 320 g/mol. The minimum absolute atomic E-state index is 0.0300. The van der Waals surface area contributed by atoms with E-state index in [1.54, 1.807) is 13.2 Å². The van der Waals surface area contributed by atoms with Crippen LogP contribution in [-0.2, 0) is 11.2 Å². The van der Waals surface area contributed by atoms with Gasteiger partial charge in [0.05, 0.1) is 13.0 Å². The third-order valence-corrected chi connectivity index (χ3v) is 4.34. The predicted molar refractivity (Wildman–Crippen MR) is 87.9 cm³/mol. The van der Waals surface area contributed by atoms with Gasteiger partial charge >= 0.3 is 12.0 Å². The summed E-state index contributed by atoms with van der Waals surface area (Å²) in [6, 6.07) is 5.35. The number of methoxy groups -OCH3 is 1. The standard InChI is InChI=1S/C17H24N2O4/c1-3-11-4-9-14(10-15(11)23-2)19-17(22)18-13-7-5-12(6-8-13)16(20)21/h4,9-10,12-13H,3,5-8H2,1-2H3,(H,20,21)(H2,18,19,22). The Morgan fingerprint density at radius 3 is 2.52 bits per heavy atom. The van der Waals surface area contributed by atoms with Crippen LogP contribution < -0.4 is 15.4 Å². The van der Waals surface area contributed by atoms with Gasteiger partial charge in [-0.15, -0.1) is 0 Å². The zero-order chi connectivity index (χ0) is 16.8. The Hall–Kier alpha value is -2.24. The molecule has 126 valence electrons. The average Bonchev–Trinajstić information content (AvgIpc) is 2.55. The molecule has 2 rings (SSSR count). The van der Waals surface area contributed by atoms with E-state index in [0.717, 1.165) is 17.7 Å². The first-order valence-electron chi connectivity index (χ1n) is 8.00. The molecule has 0 aromatic heterocycles. The Labute approximate surface area is 136 Å². The summed E-state index contributed by atoms with van der Waals surface area (Å²) in [5.74, 6) is -0.259. The summed E-state index contributed by atoms with van der Waals surface area (Å²) >= 11 is 0. The zero-order valence-corrected chi connectivity index (χ0v) is 13.6. The molecule has 3 N–H and O–H groups in total. The fraction of sp³-hybridized carbons (Fsp3) is 0.529. The van der Waals surface area contributed by atoms with Gasteiger partial charge < -0.3 is 20.5 Å². The summed E-state index contributed by atoms with van der Waals surface area (Å²) in [7, 11) is 1.61. The number of rotatable bonds is 5. The van der Waals surface area contributed by atoms with E-state index >= 15 is 0 Å². The molecule has 23 heavy (non-hydrogen) atoms. The van der Waals surface area contributed by atoms with Gasteiger partial charge in [-0.25, -0.2) is 4.79 Å². The van der Waals surface area contributed by atoms with Crippen LogP contribution in [0.2, 0.25) is 0 Å². The van der Waals surface area contributed by atoms with Crippen LogP contribution >= 0.6 is 0 Å². The van der Waals surface area contributed by atoms with E-state index < -0.39 is 5.97 Å². The number of nitrogens with one attached hydrogen (secondary N) is 2. The Balaban J connectivity index is 1.87. The predicted octanol–water partition coefficient (Wildman–Crippen LogP) is 3.02. The van der Waals surface area contributed by atoms with Crippen LogP contribution in [0.25, 0.3) is 0 Å². The molecule has 1 aromatic rings. The first-order valence-corrected chi connectivity index (χ1v) is 8.00. The van der Waals surface area contributed by atoms with Gasteiger partial charge in [-0.05, 0) is 43.7 Å². The molecule has 1 aliphatic rings. The molecule has 0 radical (unpaired) electrons. The molecule has 1 fully saturated rings. The second-order valence-electron chi connectivity index (χ2n) is 5.87. The number of urea groups is 1. The van der Waals surface area contributed by atoms with Crippen LogP contribution in [0.1, 0.15) is 38.2 Å². The largest absolute Gasteiger partial charge is 0.496 e. The second-order valence-corrected chi connectivity index (χ2v) is 5.87. The average molecular weight is 320 g/mol. The highest BCUT2D eigenvalue weighted by Crippen LogP contribution is 2.25. The Kier molecular flexibility index (Phi) is 5.84. The van der Waals surface area contributed by atoms with Gasteiger partial charge in [0.25, 0.3) is 0 Å². The van der Waals surface area contributed by atoms with Crippen LogP contribution in [-0.4, -0.2) is 30.3 Å². The number of carboxylic acid groups (broad SMARTS) is 1. The minimum atomic E-state index is -0.740. The minimum Gasteiger partial charge on any atom is -0.496 e. The highest BCUT2D eigenvalue weighted by atomic mass is 16.5. The lowest BCUT2D eigenvalue weighted by Gasteiger charge is -2.26. The molecule has 6 heteroatoms. The van der Waals surface area contributed by atoms with E-state index in [1.807, 2.05) is 19.1 Å². The van der Waals surface area contributed by atoms with Gasteiger partial charge in [-0.2, -0.15) is 0 Å². The first-order chi connectivity index (χ1) is 11.0. The van der Waals surface area contributed by atoms with Crippen molar-refractivity contribution in [2.75, 3.05) is 12.4 Å². The van der Waals surface area contributed by atoms with E-state index in [4.69, 9.17) is 9.84 Å². The highest BCUT2D eigenvalue weighted by Gasteiger charge is 2.26. The molecule has 0 spiro atoms. The van der Waals surface area contributed by atoms with Crippen LogP contribution in [0, 0.1) is 5.92 Å². The lowest BCUT2D eigenvalue weighted by molar-refractivity contribution is -0.142. The van der Waals surface area contributed by atoms with E-state index in [-0.39, 0.29) is 18.0 Å². The molecular formula is C17H24N2O4. The zero-order valence-electron chi connectivity index (χ0n) is 13.6. The summed E-state index contributed by atoms with van der Waals surface area (Å²) in [5, 5.41) is 14.7. The van der Waals surface area contributed by atoms with Crippen molar-refractivity contribution in [3.63, 3.8) is 0 Å². The lowest BCUT2D eigenvalue weighted by atomic mass is 9.86. The lowest BCUT2D eigenvalue weighted by Crippen LogP contribution is -2.40. The molecule has 0 heterocycles. The van der Waals surface area contributed by atoms with Crippen molar-refractivity contribution in [1.82, 2.24) is 5.32 Å². The SMILES string of the molecule is CCc1ccc(NC(=O)NC2CCC(C(=O)O)CC2)cc1OC. The van der Waals surface area contributed by atoms with Crippen LogP contribution in [0.4, 0.5) is 10.5 Å². The molecule has 1 saturated carbocycles. The number of aryl methyl sites for hydroxylation is 1. The Bertz CT molecular complexity index is 566. The van der Waals surface area contributed by atoms with Crippen molar-refractivity contribution in [3.8, 4) is 5.75 Å². The number of aliphatic carboxylic acids is 1. The van der Waals surface area contributed by atoms with Gasteiger partial charge in [-0.3, -0.25) is 4.79 Å². The molecule has 0 atom stereocenters. The first kappa shape index (κ1) is 17.1. The summed E-state index contributed by atoms with van der Waals surface area (Å²) < 4.78 is 5.32. The van der Waals surface area contributed by atoms with Gasteiger partial charge in [-0.1, -0.05) is 13.0 Å². The van der Waals surface area contributed by atoms with Gasteiger partial charge in [0, 0.05) is 17.8 Å². The van der Waals surface area contributed by atoms with E-state index in [1.165, 1.54) is 0 Å². The molecule has 2 amide bonds. The number of hydrogen-bond acceptors (Lipinski definition) is 3. The molecule has 1 aliphatic carbocycles. The molecule has 1 aromatic carbocycles. The topological polar surface area (TPSA) is 87.7 Å². The summed E-state index contributed by atoms with van der Waals surface area (Å²) in [6.07, 6.45) is 3.48. The number of amides is 2. The molecule has 0 bridgehead atoms. The number of hydrogen-bond donors (Lipinski definition) is 3. The normalized spacial score (nSPS) is 20.6. The van der Waals surface area contributed by atoms with Gasteiger partial charge in [0.1, 0.15) is 5.75 Å². The second kappa shape index (κ2) is 7.85. The maximum Gasteiger partial charge on any atom is 0.319 e. The number of carbonyl (C=O) groups excluding carboxylic acids is 1. The van der Waals surface area contributed by atoms with Crippen molar-refractivity contribution < 1.29 is 19.4 Å². The third kappa shape index (κ3) is 4.61. The molecule has 0 saturated heterocycles. The Morgan fingerprint density at radius 1 is 1.26 bits per heavy atom. The Morgan fingerprint density at radius 2 is 1.96 bits per heavy atom. The number of anilines is 1. The maximum absolute atomic E-state index is 12.1. The number of ether oxygens (including phenoxy) is 1. The summed E-state index contributed by atoms with van der Waals surface area (Å²) in [5.41, 5.74) is 1.77. The molecule has 0 aliphatic heterocycles. The summed E-state index contributed by atoms with van der Waals surface area (Å²) in [4.78, 5) is 23.0. The van der Waals surface area contributed by atoms with E-state index in [2.05, 4.69) is 10.6 Å². The van der Waals surface area contributed by atoms with Gasteiger partial charge in [0.2, 0.25) is 0 Å². The van der Waals surface area contributed by atoms with Crippen molar-refractivity contribution >= 4 is 17.7 Å². The van der Waals surface area contributed by atoms with E-state index in [9.17, 15) is 9.59 Å². The highest BCUT2D eigenvalue weighted by molar-refractivity contribution is 5.89. The number of benzene rings is 1.